The summed E-state index contributed by atoms with van der Waals surface area (Å²) in [6.07, 6.45) is -0.200. The summed E-state index contributed by atoms with van der Waals surface area (Å²) in [6, 6.07) is 10.2. The SMILES string of the molecule is CC[C@H](C)[C@H](NC(=O)[C@@H](NC(=O)[C@H](CCC(=O)O)NC(=O)[C@H](Cc1ccccc1)NC(=O)[C@H](Cc1ccc(O)cc1)NC(=O)[C@@H](NC(=O)[C@@H](N)CCC(=O)O)C(C)C)C(C)C)C(=O)N[C@@H](Cc1c[nH]c2ccccc12)C(=O)O. The molecule has 0 saturated heterocycles. The second-order valence-electron chi connectivity index (χ2n) is 20.0. The van der Waals surface area contributed by atoms with Gasteiger partial charge in [0.2, 0.25) is 41.4 Å². The molecule has 1 heterocycles. The Morgan fingerprint density at radius 3 is 1.50 bits per heavy atom. The van der Waals surface area contributed by atoms with Gasteiger partial charge < -0.3 is 68.4 Å². The summed E-state index contributed by atoms with van der Waals surface area (Å²) in [5, 5.41) is 57.9. The Labute approximate surface area is 451 Å². The first-order valence-corrected chi connectivity index (χ1v) is 25.8. The van der Waals surface area contributed by atoms with Crippen LogP contribution in [-0.2, 0) is 67.2 Å². The molecule has 0 unspecified atom stereocenters. The van der Waals surface area contributed by atoms with Crippen molar-refractivity contribution in [2.75, 3.05) is 0 Å². The lowest BCUT2D eigenvalue weighted by Gasteiger charge is -2.30. The molecule has 14 N–H and O–H groups in total. The number of nitrogens with one attached hydrogen (secondary N) is 8. The smallest absolute Gasteiger partial charge is 0.326 e. The number of fused-ring (bicyclic) bond motifs is 1. The van der Waals surface area contributed by atoms with Crippen LogP contribution in [0.15, 0.2) is 85.1 Å². The molecule has 78 heavy (non-hydrogen) atoms. The van der Waals surface area contributed by atoms with Gasteiger partial charge in [0.05, 0.1) is 6.04 Å². The number of aliphatic carboxylic acids is 3. The summed E-state index contributed by atoms with van der Waals surface area (Å²) in [4.78, 5) is 137. The Balaban J connectivity index is 1.60. The second-order valence-corrected chi connectivity index (χ2v) is 20.0. The number of phenolic OH excluding ortho intramolecular Hbond substituents is 1. The highest BCUT2D eigenvalue weighted by Crippen LogP contribution is 2.20. The van der Waals surface area contributed by atoms with Crippen molar-refractivity contribution in [3.05, 3.63) is 102 Å². The molecule has 0 saturated carbocycles. The van der Waals surface area contributed by atoms with Gasteiger partial charge in [0.25, 0.3) is 0 Å². The monoisotopic (exact) mass is 1080 g/mol. The van der Waals surface area contributed by atoms with E-state index in [4.69, 9.17) is 10.8 Å². The summed E-state index contributed by atoms with van der Waals surface area (Å²) in [6.45, 7) is 9.88. The van der Waals surface area contributed by atoms with Gasteiger partial charge in [-0.05, 0) is 65.5 Å². The van der Waals surface area contributed by atoms with E-state index >= 15 is 0 Å². The number of hydrogen-bond donors (Lipinski definition) is 13. The van der Waals surface area contributed by atoms with E-state index in [1.54, 1.807) is 84.1 Å². The molecular weight excluding hydrogens is 1010 g/mol. The normalized spacial score (nSPS) is 14.7. The van der Waals surface area contributed by atoms with Gasteiger partial charge in [0.15, 0.2) is 0 Å². The Morgan fingerprint density at radius 1 is 0.500 bits per heavy atom. The lowest BCUT2D eigenvalue weighted by Crippen LogP contribution is -2.62. The van der Waals surface area contributed by atoms with E-state index in [1.807, 2.05) is 18.2 Å². The molecule has 3 aromatic carbocycles. The van der Waals surface area contributed by atoms with Gasteiger partial charge in [-0.25, -0.2) is 4.79 Å². The standard InChI is InChI=1S/C55H73N9O14/c1-7-31(6)47(54(76)61-42(55(77)78)27-34-28-57-38-16-12-11-15-36(34)38)64-53(75)46(30(4)5)63-49(71)39(22-24-44(68)69)58-50(72)40(25-32-13-9-8-10-14-32)59-51(73)41(26-33-17-19-35(65)20-18-33)60-52(74)45(29(2)3)62-48(70)37(56)21-23-43(66)67/h8-20,28-31,37,39-42,45-47,57,65H,7,21-27,56H2,1-6H3,(H,58,72)(H,59,73)(H,60,74)(H,61,76)(H,62,70)(H,63,71)(H,64,75)(H,66,67)(H,68,69)(H,77,78)/t31-,37-,39-,40-,41-,42-,45-,46-,47-/m0/s1. The van der Waals surface area contributed by atoms with Crippen LogP contribution in [0.25, 0.3) is 10.9 Å². The maximum absolute atomic E-state index is 14.5. The van der Waals surface area contributed by atoms with Gasteiger partial charge in [0.1, 0.15) is 48.0 Å². The van der Waals surface area contributed by atoms with Crippen LogP contribution in [0.3, 0.4) is 0 Å². The number of carbonyl (C=O) groups is 10. The van der Waals surface area contributed by atoms with E-state index in [-0.39, 0.29) is 31.4 Å². The summed E-state index contributed by atoms with van der Waals surface area (Å²) in [5.41, 5.74) is 8.32. The third kappa shape index (κ3) is 19.0. The van der Waals surface area contributed by atoms with Gasteiger partial charge >= 0.3 is 17.9 Å². The highest BCUT2D eigenvalue weighted by Gasteiger charge is 2.37. The zero-order chi connectivity index (χ0) is 57.8. The minimum atomic E-state index is -1.63. The van der Waals surface area contributed by atoms with Gasteiger partial charge in [-0.15, -0.1) is 0 Å². The van der Waals surface area contributed by atoms with Crippen LogP contribution in [0.4, 0.5) is 0 Å². The van der Waals surface area contributed by atoms with Crippen molar-refractivity contribution < 1.29 is 68.4 Å². The molecule has 7 amide bonds. The molecule has 422 valence electrons. The zero-order valence-corrected chi connectivity index (χ0v) is 44.5. The molecule has 4 aromatic rings. The van der Waals surface area contributed by atoms with Gasteiger partial charge in [-0.3, -0.25) is 43.2 Å². The molecule has 0 spiro atoms. The highest BCUT2D eigenvalue weighted by atomic mass is 16.4. The van der Waals surface area contributed by atoms with Gasteiger partial charge in [-0.1, -0.05) is 109 Å². The van der Waals surface area contributed by atoms with E-state index in [1.165, 1.54) is 24.3 Å². The summed E-state index contributed by atoms with van der Waals surface area (Å²) in [7, 11) is 0. The molecular formula is C55H73N9O14. The summed E-state index contributed by atoms with van der Waals surface area (Å²) < 4.78 is 0. The molecule has 23 nitrogen and oxygen atoms in total. The first-order valence-electron chi connectivity index (χ1n) is 25.8. The number of aromatic hydroxyl groups is 1. The summed E-state index contributed by atoms with van der Waals surface area (Å²) in [5.74, 6) is -11.8. The number of para-hydroxylation sites is 1. The second kappa shape index (κ2) is 29.8. The lowest BCUT2D eigenvalue weighted by molar-refractivity contribution is -0.143. The predicted octanol–water partition coefficient (Wildman–Crippen LogP) is 1.79. The topological polar surface area (TPSA) is 378 Å². The van der Waals surface area contributed by atoms with Crippen molar-refractivity contribution in [2.45, 2.75) is 141 Å². The molecule has 4 rings (SSSR count). The predicted molar refractivity (Wildman–Crippen MR) is 286 cm³/mol. The van der Waals surface area contributed by atoms with Crippen molar-refractivity contribution in [3.63, 3.8) is 0 Å². The minimum absolute atomic E-state index is 0.0807. The van der Waals surface area contributed by atoms with Crippen molar-refractivity contribution in [3.8, 4) is 5.75 Å². The van der Waals surface area contributed by atoms with E-state index in [0.29, 0.717) is 23.1 Å². The Hall–Kier alpha value is -8.34. The first kappa shape index (κ1) is 62.2. The molecule has 23 heteroatoms. The van der Waals surface area contributed by atoms with E-state index < -0.39 is 145 Å². The quantitative estimate of drug-likeness (QED) is 0.0342. The lowest BCUT2D eigenvalue weighted by atomic mass is 9.95. The largest absolute Gasteiger partial charge is 0.508 e. The number of carboxylic acids is 3. The zero-order valence-electron chi connectivity index (χ0n) is 44.5. The molecule has 0 aliphatic carbocycles. The third-order valence-corrected chi connectivity index (χ3v) is 13.2. The number of aromatic nitrogens is 1. The van der Waals surface area contributed by atoms with Crippen LogP contribution in [0.5, 0.6) is 5.75 Å². The molecule has 1 aromatic heterocycles. The van der Waals surface area contributed by atoms with Crippen molar-refractivity contribution in [1.29, 1.82) is 0 Å². The number of carbonyl (C=O) groups excluding carboxylic acids is 7. The van der Waals surface area contributed by atoms with Crippen LogP contribution in [-0.4, -0.2) is 133 Å². The number of phenols is 1. The number of nitrogens with two attached hydrogens (primary N) is 1. The molecule has 0 bridgehead atoms. The van der Waals surface area contributed by atoms with Crippen LogP contribution >= 0.6 is 0 Å². The number of rotatable bonds is 31. The number of aromatic amines is 1. The number of carboxylic acid groups (broad SMARTS) is 3. The van der Waals surface area contributed by atoms with E-state index in [0.717, 1.165) is 10.9 Å². The van der Waals surface area contributed by atoms with Crippen molar-refractivity contribution in [2.24, 2.45) is 23.5 Å². The summed E-state index contributed by atoms with van der Waals surface area (Å²) >= 11 is 0. The highest BCUT2D eigenvalue weighted by molar-refractivity contribution is 5.98. The van der Waals surface area contributed by atoms with E-state index in [2.05, 4.69) is 42.2 Å². The van der Waals surface area contributed by atoms with Crippen LogP contribution in [0, 0.1) is 17.8 Å². The molecule has 0 aliphatic heterocycles. The van der Waals surface area contributed by atoms with Gasteiger partial charge in [0, 0.05) is 49.2 Å². The molecule has 0 aliphatic rings. The first-order chi connectivity index (χ1) is 36.9. The fourth-order valence-corrected chi connectivity index (χ4v) is 8.40. The number of H-pyrrole nitrogens is 1. The number of hydrogen-bond acceptors (Lipinski definition) is 12. The van der Waals surface area contributed by atoms with Gasteiger partial charge in [-0.2, -0.15) is 0 Å². The average molecular weight is 1080 g/mol. The molecule has 0 radical (unpaired) electrons. The molecule has 9 atom stereocenters. The molecule has 0 fully saturated rings. The van der Waals surface area contributed by atoms with Crippen molar-refractivity contribution in [1.82, 2.24) is 42.2 Å². The fraction of sp³-hybridized carbons (Fsp3) is 0.455. The number of amides is 7. The maximum atomic E-state index is 14.5. The Kier molecular flexibility index (Phi) is 23.8. The third-order valence-electron chi connectivity index (χ3n) is 13.2. The Bertz CT molecular complexity index is 2730. The Morgan fingerprint density at radius 2 is 0.949 bits per heavy atom. The minimum Gasteiger partial charge on any atom is -0.508 e. The average Bonchev–Trinajstić information content (AvgIpc) is 3.80. The fourth-order valence-electron chi connectivity index (χ4n) is 8.40. The maximum Gasteiger partial charge on any atom is 0.326 e. The number of benzene rings is 3. The van der Waals surface area contributed by atoms with E-state index in [9.17, 15) is 63.3 Å². The van der Waals surface area contributed by atoms with Crippen LogP contribution in [0.1, 0.15) is 90.3 Å². The van der Waals surface area contributed by atoms with Crippen LogP contribution in [0.2, 0.25) is 0 Å². The van der Waals surface area contributed by atoms with Crippen LogP contribution < -0.4 is 43.0 Å². The van der Waals surface area contributed by atoms with Crippen molar-refractivity contribution >= 4 is 70.2 Å².